The second kappa shape index (κ2) is 8.25. The van der Waals surface area contributed by atoms with E-state index in [-0.39, 0.29) is 17.9 Å². The summed E-state index contributed by atoms with van der Waals surface area (Å²) in [5.41, 5.74) is 0. The largest absolute Gasteiger partial charge is 0.393 e. The number of hydrogen-bond donors (Lipinski definition) is 2. The van der Waals surface area contributed by atoms with Gasteiger partial charge in [-0.1, -0.05) is 0 Å². The molecule has 25 heavy (non-hydrogen) atoms. The smallest absolute Gasteiger partial charge is 0.236 e. The van der Waals surface area contributed by atoms with Gasteiger partial charge in [-0.15, -0.1) is 10.2 Å². The number of likely N-dealkylation sites (N-methyl/N-ethyl adjacent to an activating group) is 1. The average Bonchev–Trinajstić information content (AvgIpc) is 2.98. The van der Waals surface area contributed by atoms with Crippen molar-refractivity contribution in [3.63, 3.8) is 0 Å². The van der Waals surface area contributed by atoms with Crippen molar-refractivity contribution in [1.29, 1.82) is 0 Å². The predicted molar refractivity (Wildman–Crippen MR) is 94.0 cm³/mol. The van der Waals surface area contributed by atoms with Crippen LogP contribution in [0.3, 0.4) is 0 Å². The fourth-order valence-corrected chi connectivity index (χ4v) is 3.82. The highest BCUT2D eigenvalue weighted by Gasteiger charge is 2.28. The first-order chi connectivity index (χ1) is 12.1. The normalized spacial score (nSPS) is 23.2. The highest BCUT2D eigenvalue weighted by molar-refractivity contribution is 5.78. The van der Waals surface area contributed by atoms with Crippen molar-refractivity contribution in [2.75, 3.05) is 39.8 Å². The first kappa shape index (κ1) is 18.3. The molecular weight excluding hydrogens is 320 g/mol. The van der Waals surface area contributed by atoms with Crippen LogP contribution in [0.25, 0.3) is 0 Å². The van der Waals surface area contributed by atoms with E-state index in [9.17, 15) is 9.90 Å². The van der Waals surface area contributed by atoms with E-state index in [0.29, 0.717) is 6.54 Å². The van der Waals surface area contributed by atoms with Gasteiger partial charge in [0.15, 0.2) is 0 Å². The Morgan fingerprint density at radius 2 is 2.00 bits per heavy atom. The molecule has 0 radical (unpaired) electrons. The van der Waals surface area contributed by atoms with Gasteiger partial charge in [-0.2, -0.15) is 0 Å². The Balaban J connectivity index is 1.63. The summed E-state index contributed by atoms with van der Waals surface area (Å²) in [6.07, 6.45) is 3.55. The lowest BCUT2D eigenvalue weighted by Crippen LogP contribution is -2.43. The number of aromatic nitrogens is 3. The number of carbonyl (C=O) groups is 1. The molecule has 0 saturated carbocycles. The zero-order valence-electron chi connectivity index (χ0n) is 15.3. The highest BCUT2D eigenvalue weighted by Crippen LogP contribution is 2.26. The molecule has 3 rings (SSSR count). The number of likely N-dealkylation sites (tertiary alicyclic amines) is 2. The van der Waals surface area contributed by atoms with Crippen LogP contribution in [0.15, 0.2) is 0 Å². The highest BCUT2D eigenvalue weighted by atomic mass is 16.3. The van der Waals surface area contributed by atoms with Gasteiger partial charge in [0.25, 0.3) is 0 Å². The molecule has 2 aliphatic heterocycles. The number of amides is 1. The maximum absolute atomic E-state index is 12.1. The van der Waals surface area contributed by atoms with Crippen LogP contribution in [0.1, 0.15) is 43.3 Å². The van der Waals surface area contributed by atoms with Gasteiger partial charge in [0.2, 0.25) is 5.91 Å². The Morgan fingerprint density at radius 1 is 1.24 bits per heavy atom. The molecule has 8 nitrogen and oxygen atoms in total. The van der Waals surface area contributed by atoms with Gasteiger partial charge < -0.3 is 19.9 Å². The quantitative estimate of drug-likeness (QED) is 0.758. The van der Waals surface area contributed by atoms with Gasteiger partial charge in [0.05, 0.1) is 19.2 Å². The molecule has 0 unspecified atom stereocenters. The summed E-state index contributed by atoms with van der Waals surface area (Å²) in [4.78, 5) is 16.4. The van der Waals surface area contributed by atoms with E-state index in [1.165, 1.54) is 0 Å². The summed E-state index contributed by atoms with van der Waals surface area (Å²) in [6.45, 7) is 4.52. The fraction of sp³-hybridized carbons (Fsp3) is 0.824. The zero-order chi connectivity index (χ0) is 17.8. The molecule has 2 fully saturated rings. The summed E-state index contributed by atoms with van der Waals surface area (Å²) < 4.78 is 2.10. The van der Waals surface area contributed by atoms with Crippen molar-refractivity contribution in [2.24, 2.45) is 7.05 Å². The van der Waals surface area contributed by atoms with E-state index in [1.807, 2.05) is 11.9 Å². The summed E-state index contributed by atoms with van der Waals surface area (Å²) in [5.74, 6) is 2.35. The number of aliphatic hydroxyl groups is 1. The minimum Gasteiger partial charge on any atom is -0.393 e. The van der Waals surface area contributed by atoms with Crippen LogP contribution in [0.4, 0.5) is 0 Å². The number of piperidine rings is 2. The lowest BCUT2D eigenvalue weighted by atomic mass is 9.97. The first-order valence-corrected chi connectivity index (χ1v) is 9.29. The van der Waals surface area contributed by atoms with Crippen LogP contribution in [-0.4, -0.2) is 81.5 Å². The maximum atomic E-state index is 12.1. The Hall–Kier alpha value is -1.51. The van der Waals surface area contributed by atoms with Crippen LogP contribution in [0.2, 0.25) is 0 Å². The van der Waals surface area contributed by atoms with Gasteiger partial charge in [-0.3, -0.25) is 9.69 Å². The van der Waals surface area contributed by atoms with Crippen LogP contribution in [-0.2, 0) is 18.4 Å². The Labute approximate surface area is 149 Å². The first-order valence-electron chi connectivity index (χ1n) is 9.29. The van der Waals surface area contributed by atoms with E-state index in [1.54, 1.807) is 7.05 Å². The molecule has 3 heterocycles. The Bertz CT molecular complexity index is 582. The minimum atomic E-state index is -0.158. The molecule has 1 aromatic rings. The van der Waals surface area contributed by atoms with Gasteiger partial charge >= 0.3 is 0 Å². The van der Waals surface area contributed by atoms with E-state index >= 15 is 0 Å². The third-order valence-electron chi connectivity index (χ3n) is 5.39. The monoisotopic (exact) mass is 350 g/mol. The van der Waals surface area contributed by atoms with E-state index in [4.69, 9.17) is 0 Å². The maximum Gasteiger partial charge on any atom is 0.236 e. The standard InChI is InChI=1S/C17H30N6O2/c1-18-10-16(25)23-7-3-4-13(11-23)17-20-19-15(21(17)2)12-22-8-5-14(24)6-9-22/h13-14,18,24H,3-12H2,1-2H3/t13-/m0/s1. The number of aliphatic hydroxyl groups excluding tert-OH is 1. The van der Waals surface area contributed by atoms with Crippen molar-refractivity contribution in [3.05, 3.63) is 11.6 Å². The Kier molecular flexibility index (Phi) is 6.03. The van der Waals surface area contributed by atoms with Gasteiger partial charge in [0.1, 0.15) is 11.6 Å². The van der Waals surface area contributed by atoms with Crippen LogP contribution < -0.4 is 5.32 Å². The molecule has 8 heteroatoms. The Morgan fingerprint density at radius 3 is 2.72 bits per heavy atom. The summed E-state index contributed by atoms with van der Waals surface area (Å²) in [6, 6.07) is 0. The molecular formula is C17H30N6O2. The van der Waals surface area contributed by atoms with Crippen molar-refractivity contribution in [3.8, 4) is 0 Å². The van der Waals surface area contributed by atoms with Crippen molar-refractivity contribution >= 4 is 5.91 Å². The summed E-state index contributed by atoms with van der Waals surface area (Å²) in [7, 11) is 3.83. The SMILES string of the molecule is CNCC(=O)N1CCC[C@H](c2nnc(CN3CCC(O)CC3)n2C)C1. The minimum absolute atomic E-state index is 0.154. The second-order valence-electron chi connectivity index (χ2n) is 7.25. The molecule has 2 saturated heterocycles. The van der Waals surface area contributed by atoms with Crippen LogP contribution >= 0.6 is 0 Å². The molecule has 140 valence electrons. The van der Waals surface area contributed by atoms with Crippen molar-refractivity contribution in [2.45, 2.75) is 44.2 Å². The second-order valence-corrected chi connectivity index (χ2v) is 7.25. The lowest BCUT2D eigenvalue weighted by Gasteiger charge is -2.32. The summed E-state index contributed by atoms with van der Waals surface area (Å²) in [5, 5.41) is 21.4. The van der Waals surface area contributed by atoms with Crippen molar-refractivity contribution in [1.82, 2.24) is 29.9 Å². The van der Waals surface area contributed by atoms with Crippen LogP contribution in [0, 0.1) is 0 Å². The number of rotatable bonds is 5. The van der Waals surface area contributed by atoms with Crippen LogP contribution in [0.5, 0.6) is 0 Å². The molecule has 1 atom stereocenters. The van der Waals surface area contributed by atoms with Crippen molar-refractivity contribution < 1.29 is 9.90 Å². The molecule has 0 spiro atoms. The third-order valence-corrected chi connectivity index (χ3v) is 5.39. The predicted octanol–water partition coefficient (Wildman–Crippen LogP) is -0.303. The van der Waals surface area contributed by atoms with E-state index in [2.05, 4.69) is 25.0 Å². The lowest BCUT2D eigenvalue weighted by molar-refractivity contribution is -0.131. The number of nitrogens with zero attached hydrogens (tertiary/aromatic N) is 5. The van der Waals surface area contributed by atoms with Gasteiger partial charge in [-0.05, 0) is 32.7 Å². The number of nitrogens with one attached hydrogen (secondary N) is 1. The molecule has 0 aromatic carbocycles. The fourth-order valence-electron chi connectivity index (χ4n) is 3.82. The van der Waals surface area contributed by atoms with Gasteiger partial charge in [-0.25, -0.2) is 0 Å². The average molecular weight is 350 g/mol. The molecule has 2 aliphatic rings. The molecule has 0 bridgehead atoms. The third kappa shape index (κ3) is 4.37. The number of carbonyl (C=O) groups excluding carboxylic acids is 1. The van der Waals surface area contributed by atoms with E-state index < -0.39 is 0 Å². The molecule has 0 aliphatic carbocycles. The summed E-state index contributed by atoms with van der Waals surface area (Å²) >= 11 is 0. The molecule has 1 amide bonds. The van der Waals surface area contributed by atoms with Gasteiger partial charge in [0, 0.05) is 39.1 Å². The number of hydrogen-bond acceptors (Lipinski definition) is 6. The topological polar surface area (TPSA) is 86.5 Å². The molecule has 2 N–H and O–H groups in total. The zero-order valence-corrected chi connectivity index (χ0v) is 15.3. The van der Waals surface area contributed by atoms with E-state index in [0.717, 1.165) is 70.1 Å². The molecule has 1 aromatic heterocycles.